The number of rotatable bonds is 5. The van der Waals surface area contributed by atoms with Crippen LogP contribution in [0, 0.1) is 17.1 Å². The number of nitriles is 1. The highest BCUT2D eigenvalue weighted by Crippen LogP contribution is 2.40. The number of benzene rings is 2. The van der Waals surface area contributed by atoms with E-state index >= 15 is 0 Å². The summed E-state index contributed by atoms with van der Waals surface area (Å²) in [6.45, 7) is 1.68. The van der Waals surface area contributed by atoms with Crippen molar-refractivity contribution >= 4 is 18.2 Å². The van der Waals surface area contributed by atoms with Gasteiger partial charge in [-0.15, -0.1) is 12.4 Å². The number of nitrogen functional groups attached to an aromatic ring is 1. The van der Waals surface area contributed by atoms with Crippen molar-refractivity contribution in [3.05, 3.63) is 71.0 Å². The molecule has 32 heavy (non-hydrogen) atoms. The monoisotopic (exact) mass is 454 g/mol. The van der Waals surface area contributed by atoms with Crippen LogP contribution in [-0.4, -0.2) is 23.2 Å². The van der Waals surface area contributed by atoms with Crippen LogP contribution >= 0.6 is 12.4 Å². The highest BCUT2D eigenvalue weighted by atomic mass is 35.5. The average molecular weight is 455 g/mol. The molecular weight excluding hydrogens is 431 g/mol. The Morgan fingerprint density at radius 2 is 2.06 bits per heavy atom. The normalized spacial score (nSPS) is 15.4. The molecule has 1 fully saturated rings. The fraction of sp³-hybridized carbons (Fsp3) is 0.250. The Balaban J connectivity index is 0.00000289. The van der Waals surface area contributed by atoms with Crippen molar-refractivity contribution in [2.75, 3.05) is 18.8 Å². The first-order valence-electron chi connectivity index (χ1n) is 10.2. The van der Waals surface area contributed by atoms with Crippen LogP contribution in [-0.2, 0) is 6.61 Å². The van der Waals surface area contributed by atoms with Crippen molar-refractivity contribution < 1.29 is 14.2 Å². The minimum atomic E-state index is -0.364. The number of nitrogens with zero attached hydrogens (tertiary/aromatic N) is 2. The number of aromatic nitrogens is 1. The number of nitrogens with two attached hydrogens (primary N) is 1. The molecule has 3 aromatic rings. The molecule has 2 heterocycles. The van der Waals surface area contributed by atoms with E-state index in [1.165, 1.54) is 12.1 Å². The Hall–Kier alpha value is -3.34. The van der Waals surface area contributed by atoms with Gasteiger partial charge in [-0.05, 0) is 55.1 Å². The van der Waals surface area contributed by atoms with Gasteiger partial charge in [0.2, 0.25) is 0 Å². The lowest BCUT2D eigenvalue weighted by Gasteiger charge is -2.25. The summed E-state index contributed by atoms with van der Waals surface area (Å²) < 4.78 is 19.9. The smallest absolute Gasteiger partial charge is 0.142 e. The lowest BCUT2D eigenvalue weighted by molar-refractivity contribution is 0.299. The lowest BCUT2D eigenvalue weighted by Crippen LogP contribution is -2.29. The van der Waals surface area contributed by atoms with Crippen molar-refractivity contribution in [1.29, 1.82) is 5.26 Å². The number of nitrogens with one attached hydrogen (secondary N) is 1. The van der Waals surface area contributed by atoms with Gasteiger partial charge in [0.25, 0.3) is 0 Å². The van der Waals surface area contributed by atoms with Crippen LogP contribution in [0.1, 0.15) is 35.4 Å². The van der Waals surface area contributed by atoms with Crippen LogP contribution in [0.4, 0.5) is 10.2 Å². The number of anilines is 1. The predicted octanol–water partition coefficient (Wildman–Crippen LogP) is 4.51. The van der Waals surface area contributed by atoms with Crippen molar-refractivity contribution in [2.24, 2.45) is 0 Å². The summed E-state index contributed by atoms with van der Waals surface area (Å²) in [5.41, 5.74) is 8.48. The maximum absolute atomic E-state index is 14.0. The van der Waals surface area contributed by atoms with Crippen LogP contribution in [0.2, 0.25) is 0 Å². The first-order valence-corrected chi connectivity index (χ1v) is 10.2. The number of pyridine rings is 1. The summed E-state index contributed by atoms with van der Waals surface area (Å²) in [7, 11) is 0. The molecule has 1 aliphatic heterocycles. The SMILES string of the molecule is Cl.N#Cc1c(C2CCCNC2)cc(-c2c(O)cccc2OCc2ccccc2F)nc1N. The number of piperidine rings is 1. The van der Waals surface area contributed by atoms with Gasteiger partial charge in [0.1, 0.15) is 35.8 Å². The fourth-order valence-electron chi connectivity index (χ4n) is 3.94. The van der Waals surface area contributed by atoms with Crippen LogP contribution in [0.25, 0.3) is 11.3 Å². The van der Waals surface area contributed by atoms with Crippen molar-refractivity contribution in [3.8, 4) is 28.8 Å². The summed E-state index contributed by atoms with van der Waals surface area (Å²) in [4.78, 5) is 4.38. The zero-order valence-electron chi connectivity index (χ0n) is 17.3. The van der Waals surface area contributed by atoms with E-state index in [2.05, 4.69) is 16.4 Å². The predicted molar refractivity (Wildman–Crippen MR) is 123 cm³/mol. The quantitative estimate of drug-likeness (QED) is 0.523. The van der Waals surface area contributed by atoms with E-state index < -0.39 is 0 Å². The van der Waals surface area contributed by atoms with Crippen LogP contribution < -0.4 is 15.8 Å². The number of phenols is 1. The second kappa shape index (κ2) is 10.3. The van der Waals surface area contributed by atoms with Crippen LogP contribution in [0.15, 0.2) is 48.5 Å². The number of hydrogen-bond donors (Lipinski definition) is 3. The second-order valence-electron chi connectivity index (χ2n) is 7.54. The van der Waals surface area contributed by atoms with E-state index in [1.54, 1.807) is 36.4 Å². The third-order valence-corrected chi connectivity index (χ3v) is 5.53. The van der Waals surface area contributed by atoms with Gasteiger partial charge in [0.15, 0.2) is 0 Å². The molecule has 2 aromatic carbocycles. The third-order valence-electron chi connectivity index (χ3n) is 5.53. The van der Waals surface area contributed by atoms with E-state index in [-0.39, 0.29) is 42.3 Å². The topological polar surface area (TPSA) is 104 Å². The van der Waals surface area contributed by atoms with Gasteiger partial charge in [-0.25, -0.2) is 9.37 Å². The first kappa shape index (κ1) is 23.3. The molecule has 0 amide bonds. The second-order valence-corrected chi connectivity index (χ2v) is 7.54. The molecule has 1 saturated heterocycles. The molecule has 1 atom stereocenters. The van der Waals surface area contributed by atoms with E-state index in [0.717, 1.165) is 31.5 Å². The van der Waals surface area contributed by atoms with Crippen molar-refractivity contribution in [1.82, 2.24) is 10.3 Å². The van der Waals surface area contributed by atoms with E-state index in [1.807, 2.05) is 0 Å². The minimum Gasteiger partial charge on any atom is -0.507 e. The van der Waals surface area contributed by atoms with Gasteiger partial charge in [0.05, 0.1) is 16.8 Å². The number of ether oxygens (including phenoxy) is 1. The molecule has 166 valence electrons. The molecule has 6 nitrogen and oxygen atoms in total. The Labute approximate surface area is 192 Å². The molecule has 0 saturated carbocycles. The molecule has 0 spiro atoms. The average Bonchev–Trinajstić information content (AvgIpc) is 2.78. The Bertz CT molecular complexity index is 1140. The summed E-state index contributed by atoms with van der Waals surface area (Å²) in [5, 5.41) is 23.6. The largest absolute Gasteiger partial charge is 0.507 e. The molecular formula is C24H24ClFN4O2. The van der Waals surface area contributed by atoms with Gasteiger partial charge in [-0.1, -0.05) is 24.3 Å². The summed E-state index contributed by atoms with van der Waals surface area (Å²) in [5.74, 6) is 0.199. The Morgan fingerprint density at radius 3 is 2.78 bits per heavy atom. The molecule has 4 rings (SSSR count). The standard InChI is InChI=1S/C24H23FN4O2.ClH/c25-19-7-2-1-5-16(19)14-31-22-9-3-8-21(30)23(22)20-11-17(15-6-4-10-28-13-15)18(12-26)24(27)29-20;/h1-3,5,7-9,11,15,28,30H,4,6,10,13-14H2,(H2,27,29);1H. The van der Waals surface area contributed by atoms with Gasteiger partial charge in [-0.2, -0.15) is 5.26 Å². The highest BCUT2D eigenvalue weighted by Gasteiger charge is 2.24. The molecule has 0 aliphatic carbocycles. The Morgan fingerprint density at radius 1 is 1.25 bits per heavy atom. The van der Waals surface area contributed by atoms with Crippen LogP contribution in [0.5, 0.6) is 11.5 Å². The highest BCUT2D eigenvalue weighted by molar-refractivity contribution is 5.85. The Kier molecular flexibility index (Phi) is 7.52. The first-order chi connectivity index (χ1) is 15.1. The van der Waals surface area contributed by atoms with Crippen molar-refractivity contribution in [2.45, 2.75) is 25.4 Å². The summed E-state index contributed by atoms with van der Waals surface area (Å²) >= 11 is 0. The number of aromatic hydroxyl groups is 1. The molecule has 1 aliphatic rings. The van der Waals surface area contributed by atoms with Gasteiger partial charge in [-0.3, -0.25) is 0 Å². The molecule has 0 radical (unpaired) electrons. The third kappa shape index (κ3) is 4.77. The van der Waals surface area contributed by atoms with Gasteiger partial charge >= 0.3 is 0 Å². The number of hydrogen-bond acceptors (Lipinski definition) is 6. The van der Waals surface area contributed by atoms with Crippen LogP contribution in [0.3, 0.4) is 0 Å². The minimum absolute atomic E-state index is 0. The molecule has 8 heteroatoms. The van der Waals surface area contributed by atoms with E-state index in [9.17, 15) is 14.8 Å². The molecule has 1 aromatic heterocycles. The van der Waals surface area contributed by atoms with Crippen molar-refractivity contribution in [3.63, 3.8) is 0 Å². The zero-order chi connectivity index (χ0) is 21.8. The fourth-order valence-corrected chi connectivity index (χ4v) is 3.94. The lowest BCUT2D eigenvalue weighted by atomic mass is 9.88. The maximum atomic E-state index is 14.0. The maximum Gasteiger partial charge on any atom is 0.142 e. The van der Waals surface area contributed by atoms with E-state index in [4.69, 9.17) is 10.5 Å². The number of phenolic OH excluding ortho intramolecular Hbond substituents is 1. The molecule has 0 bridgehead atoms. The number of halogens is 2. The molecule has 4 N–H and O–H groups in total. The van der Waals surface area contributed by atoms with Gasteiger partial charge < -0.3 is 20.9 Å². The molecule has 1 unspecified atom stereocenters. The van der Waals surface area contributed by atoms with E-state index in [0.29, 0.717) is 28.1 Å². The zero-order valence-corrected chi connectivity index (χ0v) is 18.2. The summed E-state index contributed by atoms with van der Waals surface area (Å²) in [6, 6.07) is 15.2. The summed E-state index contributed by atoms with van der Waals surface area (Å²) in [6.07, 6.45) is 1.93. The van der Waals surface area contributed by atoms with Gasteiger partial charge in [0, 0.05) is 12.1 Å².